The van der Waals surface area contributed by atoms with Crippen molar-refractivity contribution in [3.8, 4) is 0 Å². The monoisotopic (exact) mass is 470 g/mol. The van der Waals surface area contributed by atoms with Gasteiger partial charge in [0, 0.05) is 34.8 Å². The Labute approximate surface area is 168 Å². The summed E-state index contributed by atoms with van der Waals surface area (Å²) in [6, 6.07) is 0. The summed E-state index contributed by atoms with van der Waals surface area (Å²) in [4.78, 5) is 0. The Kier molecular flexibility index (Phi) is 70.8. The van der Waals surface area contributed by atoms with Gasteiger partial charge in [-0.05, 0) is 13.1 Å². The molecule has 1 rings (SSSR count). The summed E-state index contributed by atoms with van der Waals surface area (Å²) in [7, 11) is 0. The molecule has 2 N–H and O–H groups in total. The van der Waals surface area contributed by atoms with E-state index in [0.29, 0.717) is 0 Å². The van der Waals surface area contributed by atoms with E-state index in [9.17, 15) is 39.5 Å². The quantitative estimate of drug-likeness (QED) is 0.301. The molecule has 1 fully saturated rings. The maximum absolute atomic E-state index is 9.58. The molecule has 0 spiro atoms. The summed E-state index contributed by atoms with van der Waals surface area (Å²) in [5.41, 5.74) is 0. The number of nitrogens with zero attached hydrogens (tertiary/aromatic N) is 1. The second kappa shape index (κ2) is 39.6. The Hall–Kier alpha value is 0.544. The van der Waals surface area contributed by atoms with Gasteiger partial charge >= 0.3 is 0 Å². The molecule has 0 aromatic heterocycles. The maximum Gasteiger partial charge on any atom is 0.154 e. The van der Waals surface area contributed by atoms with E-state index in [1.54, 1.807) is 0 Å². The molecule has 0 aromatic rings. The van der Waals surface area contributed by atoms with Crippen molar-refractivity contribution >= 4 is 24.8 Å². The fraction of sp³-hybridized carbons (Fsp3) is 0.600. The van der Waals surface area contributed by atoms with Gasteiger partial charge < -0.3 is 62.9 Å². The first-order valence-corrected chi connectivity index (χ1v) is 5.25. The normalized spacial score (nSPS) is 13.0. The summed E-state index contributed by atoms with van der Waals surface area (Å²) in [5, 5.41) is 10.8. The largest absolute Gasteiger partial charge is 0.660 e. The Morgan fingerprint density at radius 1 is 0.560 bits per heavy atom. The van der Waals surface area contributed by atoms with Crippen molar-refractivity contribution in [2.45, 2.75) is 0 Å². The van der Waals surface area contributed by atoms with Crippen LogP contribution in [0.5, 0.6) is 0 Å². The van der Waals surface area contributed by atoms with Crippen molar-refractivity contribution in [2.24, 2.45) is 0 Å². The molecule has 1 saturated heterocycles. The summed E-state index contributed by atoms with van der Waals surface area (Å²) < 4.78 is 86.2. The molecule has 0 bridgehead atoms. The summed E-state index contributed by atoms with van der Waals surface area (Å²) in [6.45, 7) is -3.06. The first-order valence-electron chi connectivity index (χ1n) is 5.25. The van der Waals surface area contributed by atoms with Gasteiger partial charge in [-0.25, -0.2) is 0 Å². The van der Waals surface area contributed by atoms with Gasteiger partial charge in [-0.1, -0.05) is 0 Å². The zero-order chi connectivity index (χ0) is 17.1. The average molecular weight is 471 g/mol. The zero-order valence-electron chi connectivity index (χ0n) is 12.9. The molecule has 0 unspecified atom stereocenters. The van der Waals surface area contributed by atoms with E-state index in [1.807, 2.05) is 0 Å². The summed E-state index contributed by atoms with van der Waals surface area (Å²) in [5.74, 6) is 0. The second-order valence-electron chi connectivity index (χ2n) is 2.81. The topological polar surface area (TPSA) is 38.2 Å². The van der Waals surface area contributed by atoms with E-state index in [-0.39, 0.29) is 54.0 Å². The van der Waals surface area contributed by atoms with E-state index in [2.05, 4.69) is 16.0 Å². The van der Waals surface area contributed by atoms with Crippen molar-refractivity contribution in [1.29, 1.82) is 0 Å². The van der Waals surface area contributed by atoms with Gasteiger partial charge in [0.15, 0.2) is 20.0 Å². The van der Waals surface area contributed by atoms with Crippen LogP contribution in [0.15, 0.2) is 0 Å². The standard InChI is InChI=1S/C6H14N3.3CF3.CH3.2ClH.Ti/c1-2-8-5-6-9-4-3-7-1;3*2-1(3)4;;;;/h7-8H,1-6H2;;;;1H3;2*1H;/q5*-1;;;. The number of halogens is 11. The maximum atomic E-state index is 9.58. The molecule has 0 saturated carbocycles. The average Bonchev–Trinajstić information content (AvgIpc) is 2.41. The molecule has 25 heavy (non-hydrogen) atoms. The minimum Gasteiger partial charge on any atom is -0.660 e. The molecule has 1 aliphatic rings. The minimum atomic E-state index is -3.08. The molecule has 3 nitrogen and oxygen atoms in total. The second-order valence-corrected chi connectivity index (χ2v) is 2.81. The Balaban J connectivity index is -0.0000000357. The van der Waals surface area contributed by atoms with Crippen LogP contribution in [-0.4, -0.2) is 39.3 Å². The van der Waals surface area contributed by atoms with Crippen molar-refractivity contribution in [2.75, 3.05) is 39.3 Å². The molecular formula is C10H19Cl2F9N3Ti-5. The van der Waals surface area contributed by atoms with Crippen molar-refractivity contribution < 1.29 is 61.2 Å². The minimum absolute atomic E-state index is 0. The van der Waals surface area contributed by atoms with Crippen LogP contribution in [0.2, 0.25) is 0 Å². The smallest absolute Gasteiger partial charge is 0.154 e. The first kappa shape index (κ1) is 44.7. The van der Waals surface area contributed by atoms with Crippen LogP contribution in [0.1, 0.15) is 0 Å². The number of nitrogens with one attached hydrogen (secondary N) is 2. The summed E-state index contributed by atoms with van der Waals surface area (Å²) >= 11 is 0. The van der Waals surface area contributed by atoms with Crippen LogP contribution in [0.3, 0.4) is 0 Å². The van der Waals surface area contributed by atoms with Crippen LogP contribution in [0.25, 0.3) is 5.32 Å². The number of hydrogen-bond acceptors (Lipinski definition) is 2. The van der Waals surface area contributed by atoms with Gasteiger partial charge in [0.2, 0.25) is 0 Å². The predicted molar refractivity (Wildman–Crippen MR) is 79.4 cm³/mol. The molecule has 0 aliphatic carbocycles. The van der Waals surface area contributed by atoms with Crippen molar-refractivity contribution in [1.82, 2.24) is 10.6 Å². The van der Waals surface area contributed by atoms with Crippen LogP contribution in [0, 0.1) is 27.5 Å². The molecule has 160 valence electrons. The summed E-state index contributed by atoms with van der Waals surface area (Å²) in [6.07, 6.45) is 0. The van der Waals surface area contributed by atoms with Gasteiger partial charge in [-0.3, -0.25) is 0 Å². The van der Waals surface area contributed by atoms with Gasteiger partial charge in [0.05, 0.1) is 0 Å². The van der Waals surface area contributed by atoms with E-state index in [0.717, 1.165) is 39.3 Å². The van der Waals surface area contributed by atoms with Crippen molar-refractivity contribution in [3.63, 3.8) is 0 Å². The predicted octanol–water partition coefficient (Wildman–Crippen LogP) is 4.87. The fourth-order valence-corrected chi connectivity index (χ4v) is 0.855. The third-order valence-electron chi connectivity index (χ3n) is 1.37. The Bertz CT molecular complexity index is 141. The van der Waals surface area contributed by atoms with Crippen LogP contribution in [-0.2, 0) is 21.7 Å². The molecule has 0 amide bonds. The van der Waals surface area contributed by atoms with E-state index >= 15 is 0 Å². The fourth-order valence-electron chi connectivity index (χ4n) is 0.855. The Morgan fingerprint density at radius 3 is 0.960 bits per heavy atom. The third-order valence-corrected chi connectivity index (χ3v) is 1.37. The van der Waals surface area contributed by atoms with Crippen LogP contribution < -0.4 is 10.6 Å². The first-order chi connectivity index (χ1) is 9.70. The van der Waals surface area contributed by atoms with E-state index in [1.165, 1.54) is 0 Å². The SMILES string of the molecule is C1CNCCNCC[N-]1.Cl.Cl.F[C-](F)F.F[C-](F)F.F[C-](F)F.[CH3-].[Ti]. The van der Waals surface area contributed by atoms with Crippen LogP contribution >= 0.6 is 24.8 Å². The third kappa shape index (κ3) is 137. The molecule has 15 heteroatoms. The van der Waals surface area contributed by atoms with Gasteiger partial charge in [-0.15, -0.1) is 37.9 Å². The van der Waals surface area contributed by atoms with E-state index < -0.39 is 20.0 Å². The number of hydrogen-bond donors (Lipinski definition) is 2. The molecule has 0 radical (unpaired) electrons. The Morgan fingerprint density at radius 2 is 0.760 bits per heavy atom. The van der Waals surface area contributed by atoms with Crippen LogP contribution in [0.4, 0.5) is 39.5 Å². The zero-order valence-corrected chi connectivity index (χ0v) is 16.1. The van der Waals surface area contributed by atoms with Gasteiger partial charge in [0.25, 0.3) is 0 Å². The molecule has 0 aromatic carbocycles. The van der Waals surface area contributed by atoms with Crippen molar-refractivity contribution in [3.05, 3.63) is 32.8 Å². The molecule has 1 aliphatic heterocycles. The van der Waals surface area contributed by atoms with E-state index in [4.69, 9.17) is 0 Å². The van der Waals surface area contributed by atoms with Gasteiger partial charge in [0.1, 0.15) is 0 Å². The molecule has 0 atom stereocenters. The number of rotatable bonds is 0. The molecule has 1 heterocycles. The molecular weight excluding hydrogens is 452 g/mol. The van der Waals surface area contributed by atoms with Gasteiger partial charge in [-0.2, -0.15) is 0 Å².